The maximum atomic E-state index is 14.1. The van der Waals surface area contributed by atoms with Crippen LogP contribution in [-0.4, -0.2) is 66.8 Å². The minimum absolute atomic E-state index is 0.226. The lowest BCUT2D eigenvalue weighted by atomic mass is 9.74. The van der Waals surface area contributed by atoms with Crippen molar-refractivity contribution in [3.8, 4) is 0 Å². The van der Waals surface area contributed by atoms with Crippen LogP contribution in [0.15, 0.2) is 17.1 Å². The molecule has 188 valence electrons. The van der Waals surface area contributed by atoms with Crippen molar-refractivity contribution in [2.75, 3.05) is 38.0 Å². The zero-order chi connectivity index (χ0) is 25.2. The van der Waals surface area contributed by atoms with Crippen molar-refractivity contribution < 1.29 is 14.4 Å². The van der Waals surface area contributed by atoms with Gasteiger partial charge in [-0.2, -0.15) is 0 Å². The Morgan fingerprint density at radius 3 is 2.86 bits per heavy atom. The van der Waals surface area contributed by atoms with E-state index in [1.165, 1.54) is 11.3 Å². The molecule has 0 aliphatic carbocycles. The lowest BCUT2D eigenvalue weighted by Gasteiger charge is -2.36. The molecular weight excluding hydrogens is 466 g/mol. The second-order valence-electron chi connectivity index (χ2n) is 9.43. The van der Waals surface area contributed by atoms with Crippen molar-refractivity contribution in [2.45, 2.75) is 39.7 Å². The molecule has 2 aliphatic rings. The molecule has 5 N–H and O–H groups in total. The van der Waals surface area contributed by atoms with Crippen LogP contribution in [0.4, 0.5) is 9.80 Å². The minimum atomic E-state index is -1.17. The molecule has 1 fully saturated rings. The standard InChI is InChI=1S/C24H33N7O3S/c1-5-27-23(34)30-21-18(15-7-6-14(4)28-20(15)35-21)19(32)16-11-25-9-8-24(16)22(33)29-17(31-24)12-26-10-13(2)3/h6-7,13,16,25-26H,5,8-12H2,1-4H3,(H2,27,30,34)(H,29,31,33). The molecule has 2 aromatic rings. The molecular formula is C24H33N7O3S. The van der Waals surface area contributed by atoms with E-state index >= 15 is 0 Å². The summed E-state index contributed by atoms with van der Waals surface area (Å²) in [6.45, 7) is 10.5. The summed E-state index contributed by atoms with van der Waals surface area (Å²) in [5.41, 5.74) is 0.0228. The fourth-order valence-electron chi connectivity index (χ4n) is 4.59. The number of hydrogen-bond donors (Lipinski definition) is 5. The van der Waals surface area contributed by atoms with Gasteiger partial charge in [-0.1, -0.05) is 25.2 Å². The zero-order valence-electron chi connectivity index (χ0n) is 20.6. The number of amidine groups is 1. The second-order valence-corrected chi connectivity index (χ2v) is 10.4. The fourth-order valence-corrected chi connectivity index (χ4v) is 5.71. The first-order valence-corrected chi connectivity index (χ1v) is 12.9. The molecule has 4 heterocycles. The second kappa shape index (κ2) is 10.4. The number of urea groups is 1. The molecule has 4 rings (SSSR count). The van der Waals surface area contributed by atoms with Crippen LogP contribution >= 0.6 is 11.3 Å². The maximum absolute atomic E-state index is 14.1. The Kier molecular flexibility index (Phi) is 7.48. The molecule has 2 atom stereocenters. The molecule has 0 saturated carbocycles. The van der Waals surface area contributed by atoms with Gasteiger partial charge >= 0.3 is 6.03 Å². The molecule has 11 heteroatoms. The van der Waals surface area contributed by atoms with Crippen molar-refractivity contribution in [1.82, 2.24) is 26.3 Å². The van der Waals surface area contributed by atoms with Gasteiger partial charge in [0.15, 0.2) is 11.3 Å². The Morgan fingerprint density at radius 1 is 1.31 bits per heavy atom. The van der Waals surface area contributed by atoms with Gasteiger partial charge in [-0.25, -0.2) is 9.78 Å². The number of carbonyl (C=O) groups is 3. The van der Waals surface area contributed by atoms with E-state index in [1.54, 1.807) is 0 Å². The van der Waals surface area contributed by atoms with Crippen LogP contribution < -0.4 is 26.6 Å². The highest BCUT2D eigenvalue weighted by Gasteiger charge is 2.54. The van der Waals surface area contributed by atoms with Crippen LogP contribution in [0.2, 0.25) is 0 Å². The maximum Gasteiger partial charge on any atom is 0.319 e. The molecule has 1 spiro atoms. The van der Waals surface area contributed by atoms with Gasteiger partial charge in [-0.05, 0) is 51.4 Å². The Balaban J connectivity index is 1.71. The Bertz CT molecular complexity index is 1180. The molecule has 2 aromatic heterocycles. The highest BCUT2D eigenvalue weighted by atomic mass is 32.1. The highest BCUT2D eigenvalue weighted by Crippen LogP contribution is 2.41. The largest absolute Gasteiger partial charge is 0.338 e. The van der Waals surface area contributed by atoms with Crippen molar-refractivity contribution in [1.29, 1.82) is 0 Å². The quantitative estimate of drug-likeness (QED) is 0.353. The molecule has 0 aromatic carbocycles. The summed E-state index contributed by atoms with van der Waals surface area (Å²) in [5.74, 6) is -0.160. The molecule has 10 nitrogen and oxygen atoms in total. The third kappa shape index (κ3) is 5.07. The summed E-state index contributed by atoms with van der Waals surface area (Å²) >= 11 is 1.26. The summed E-state index contributed by atoms with van der Waals surface area (Å²) in [6.07, 6.45) is 0.418. The number of carbonyl (C=O) groups excluding carboxylic acids is 3. The average Bonchev–Trinajstić information content (AvgIpc) is 3.30. The fraction of sp³-hybridized carbons (Fsp3) is 0.542. The van der Waals surface area contributed by atoms with Gasteiger partial charge in [0.2, 0.25) is 0 Å². The van der Waals surface area contributed by atoms with Crippen LogP contribution in [-0.2, 0) is 4.79 Å². The molecule has 1 saturated heterocycles. The van der Waals surface area contributed by atoms with Crippen molar-refractivity contribution in [2.24, 2.45) is 16.8 Å². The number of aliphatic imine (C=N–C) groups is 1. The van der Waals surface area contributed by atoms with E-state index < -0.39 is 17.5 Å². The lowest BCUT2D eigenvalue weighted by Crippen LogP contribution is -2.57. The summed E-state index contributed by atoms with van der Waals surface area (Å²) < 4.78 is 0. The smallest absolute Gasteiger partial charge is 0.319 e. The van der Waals surface area contributed by atoms with Gasteiger partial charge in [-0.15, -0.1) is 0 Å². The number of fused-ring (bicyclic) bond motifs is 1. The van der Waals surface area contributed by atoms with Gasteiger partial charge < -0.3 is 21.3 Å². The Morgan fingerprint density at radius 2 is 2.11 bits per heavy atom. The average molecular weight is 500 g/mol. The van der Waals surface area contributed by atoms with Crippen LogP contribution in [0, 0.1) is 18.8 Å². The Hall–Kier alpha value is -2.89. The molecule has 0 bridgehead atoms. The van der Waals surface area contributed by atoms with Gasteiger partial charge in [0.1, 0.15) is 15.7 Å². The number of aryl methyl sites for hydroxylation is 1. The van der Waals surface area contributed by atoms with Gasteiger partial charge in [0, 0.05) is 24.2 Å². The Labute approximate surface area is 208 Å². The van der Waals surface area contributed by atoms with E-state index in [9.17, 15) is 14.4 Å². The number of nitrogens with zero attached hydrogens (tertiary/aromatic N) is 2. The number of amides is 3. The van der Waals surface area contributed by atoms with E-state index in [0.717, 1.165) is 12.2 Å². The monoisotopic (exact) mass is 499 g/mol. The molecule has 2 unspecified atom stereocenters. The summed E-state index contributed by atoms with van der Waals surface area (Å²) in [5, 5.41) is 16.1. The van der Waals surface area contributed by atoms with E-state index in [-0.39, 0.29) is 11.7 Å². The van der Waals surface area contributed by atoms with E-state index in [4.69, 9.17) is 4.99 Å². The number of ketones is 1. The number of anilines is 1. The van der Waals surface area contributed by atoms with Crippen molar-refractivity contribution >= 4 is 50.1 Å². The normalized spacial score (nSPS) is 21.9. The number of piperidine rings is 1. The molecule has 0 radical (unpaired) electrons. The van der Waals surface area contributed by atoms with Gasteiger partial charge in [-0.3, -0.25) is 19.9 Å². The van der Waals surface area contributed by atoms with E-state index in [0.29, 0.717) is 65.1 Å². The number of hydrogen-bond acceptors (Lipinski definition) is 8. The minimum Gasteiger partial charge on any atom is -0.338 e. The van der Waals surface area contributed by atoms with E-state index in [1.807, 2.05) is 26.0 Å². The zero-order valence-corrected chi connectivity index (χ0v) is 21.4. The third-order valence-electron chi connectivity index (χ3n) is 6.26. The number of Topliss-reactive ketones (excluding diaryl/α,β-unsaturated/α-hetero) is 1. The predicted octanol–water partition coefficient (Wildman–Crippen LogP) is 2.05. The van der Waals surface area contributed by atoms with Gasteiger partial charge in [0.25, 0.3) is 5.91 Å². The van der Waals surface area contributed by atoms with Crippen molar-refractivity contribution in [3.05, 3.63) is 23.4 Å². The lowest BCUT2D eigenvalue weighted by molar-refractivity contribution is -0.125. The SMILES string of the molecule is CCNC(=O)Nc1sc2nc(C)ccc2c1C(=O)C1CNCCC12N=C(CNCC(C)C)NC2=O. The van der Waals surface area contributed by atoms with Crippen LogP contribution in [0.5, 0.6) is 0 Å². The molecule has 2 aliphatic heterocycles. The summed E-state index contributed by atoms with van der Waals surface area (Å²) in [4.78, 5) is 49.8. The first-order valence-electron chi connectivity index (χ1n) is 12.1. The number of rotatable bonds is 8. The van der Waals surface area contributed by atoms with Gasteiger partial charge in [0.05, 0.1) is 18.0 Å². The first kappa shape index (κ1) is 25.2. The number of aromatic nitrogens is 1. The molecule has 3 amide bonds. The third-order valence-corrected chi connectivity index (χ3v) is 7.28. The van der Waals surface area contributed by atoms with Crippen molar-refractivity contribution in [3.63, 3.8) is 0 Å². The molecule has 35 heavy (non-hydrogen) atoms. The number of thiophene rings is 1. The van der Waals surface area contributed by atoms with Crippen LogP contribution in [0.3, 0.4) is 0 Å². The van der Waals surface area contributed by atoms with Crippen LogP contribution in [0.1, 0.15) is 43.2 Å². The summed E-state index contributed by atoms with van der Waals surface area (Å²) in [7, 11) is 0. The summed E-state index contributed by atoms with van der Waals surface area (Å²) in [6, 6.07) is 3.30. The first-order chi connectivity index (χ1) is 16.7. The van der Waals surface area contributed by atoms with E-state index in [2.05, 4.69) is 45.4 Å². The van der Waals surface area contributed by atoms with Crippen LogP contribution in [0.25, 0.3) is 10.2 Å². The topological polar surface area (TPSA) is 137 Å². The number of pyridine rings is 1. The highest BCUT2D eigenvalue weighted by molar-refractivity contribution is 7.23. The predicted molar refractivity (Wildman–Crippen MR) is 138 cm³/mol. The number of nitrogens with one attached hydrogen (secondary N) is 5.